The molecule has 0 aliphatic carbocycles. The molecule has 0 saturated carbocycles. The Morgan fingerprint density at radius 1 is 1.25 bits per heavy atom. The van der Waals surface area contributed by atoms with Crippen LogP contribution in [0.1, 0.15) is 40.5 Å². The first-order valence-electron chi connectivity index (χ1n) is 7.02. The van der Waals surface area contributed by atoms with Crippen molar-refractivity contribution in [3.63, 3.8) is 0 Å². The highest BCUT2D eigenvalue weighted by Crippen LogP contribution is 2.24. The number of carbonyl (C=O) groups excluding carboxylic acids is 2. The Bertz CT molecular complexity index is 398. The fourth-order valence-electron chi connectivity index (χ4n) is 2.60. The molecular weight excluding hydrogens is 260 g/mol. The highest BCUT2D eigenvalue weighted by atomic mass is 16.4. The Hall–Kier alpha value is -1.59. The van der Waals surface area contributed by atoms with Gasteiger partial charge in [-0.15, -0.1) is 0 Å². The molecule has 1 aliphatic heterocycles. The second-order valence-electron chi connectivity index (χ2n) is 5.73. The lowest BCUT2D eigenvalue weighted by atomic mass is 9.92. The number of carboxylic acids is 1. The maximum Gasteiger partial charge on any atom is 0.329 e. The molecule has 0 radical (unpaired) electrons. The van der Waals surface area contributed by atoms with Gasteiger partial charge < -0.3 is 14.9 Å². The molecule has 1 N–H and O–H groups in total. The predicted octanol–water partition coefficient (Wildman–Crippen LogP) is 0.957. The van der Waals surface area contributed by atoms with E-state index in [-0.39, 0.29) is 17.7 Å². The summed E-state index contributed by atoms with van der Waals surface area (Å²) in [6.07, 6.45) is 1.20. The Balaban J connectivity index is 2.74. The average Bonchev–Trinajstić information content (AvgIpc) is 2.39. The first kappa shape index (κ1) is 16.5. The average molecular weight is 284 g/mol. The largest absolute Gasteiger partial charge is 0.480 e. The zero-order valence-corrected chi connectivity index (χ0v) is 12.7. The van der Waals surface area contributed by atoms with Gasteiger partial charge in [0.05, 0.1) is 0 Å². The predicted molar refractivity (Wildman–Crippen MR) is 74.1 cm³/mol. The Morgan fingerprint density at radius 3 is 2.10 bits per heavy atom. The normalized spacial score (nSPS) is 16.9. The number of likely N-dealkylation sites (N-methyl/N-ethyl adjacent to an activating group) is 1. The van der Waals surface area contributed by atoms with E-state index in [1.165, 1.54) is 11.8 Å². The molecule has 0 unspecified atom stereocenters. The van der Waals surface area contributed by atoms with E-state index in [1.54, 1.807) is 25.7 Å². The molecule has 2 amide bonds. The molecular formula is C14H24N2O4. The number of rotatable bonds is 4. The SMILES string of the molecule is CCN(C(=O)C1CCN(C(C)=O)CC1)C(C)(C)C(=O)O. The molecule has 1 saturated heterocycles. The van der Waals surface area contributed by atoms with Gasteiger partial charge in [0, 0.05) is 32.5 Å². The van der Waals surface area contributed by atoms with Crippen molar-refractivity contribution in [2.75, 3.05) is 19.6 Å². The van der Waals surface area contributed by atoms with E-state index in [2.05, 4.69) is 0 Å². The Morgan fingerprint density at radius 2 is 1.75 bits per heavy atom. The lowest BCUT2D eigenvalue weighted by Crippen LogP contribution is -2.55. The van der Waals surface area contributed by atoms with E-state index < -0.39 is 11.5 Å². The third-order valence-electron chi connectivity index (χ3n) is 4.07. The summed E-state index contributed by atoms with van der Waals surface area (Å²) in [6.45, 7) is 7.89. The van der Waals surface area contributed by atoms with Gasteiger partial charge in [0.15, 0.2) is 0 Å². The van der Waals surface area contributed by atoms with Crippen LogP contribution in [0.2, 0.25) is 0 Å². The molecule has 1 rings (SSSR count). The van der Waals surface area contributed by atoms with Gasteiger partial charge in [0.1, 0.15) is 5.54 Å². The van der Waals surface area contributed by atoms with Crippen LogP contribution < -0.4 is 0 Å². The molecule has 1 aliphatic rings. The summed E-state index contributed by atoms with van der Waals surface area (Å²) < 4.78 is 0. The van der Waals surface area contributed by atoms with E-state index in [1.807, 2.05) is 0 Å². The number of aliphatic carboxylic acids is 1. The molecule has 114 valence electrons. The molecule has 1 heterocycles. The number of hydrogen-bond acceptors (Lipinski definition) is 3. The molecule has 0 bridgehead atoms. The quantitative estimate of drug-likeness (QED) is 0.834. The topological polar surface area (TPSA) is 77.9 Å². The molecule has 0 atom stereocenters. The molecule has 0 spiro atoms. The van der Waals surface area contributed by atoms with Crippen molar-refractivity contribution in [2.45, 2.75) is 46.1 Å². The fourth-order valence-corrected chi connectivity index (χ4v) is 2.60. The minimum Gasteiger partial charge on any atom is -0.480 e. The van der Waals surface area contributed by atoms with Crippen molar-refractivity contribution < 1.29 is 19.5 Å². The third kappa shape index (κ3) is 3.29. The monoisotopic (exact) mass is 284 g/mol. The van der Waals surface area contributed by atoms with Crippen LogP contribution in [0.15, 0.2) is 0 Å². The summed E-state index contributed by atoms with van der Waals surface area (Å²) in [5.74, 6) is -1.30. The number of carbonyl (C=O) groups is 3. The Labute approximate surface area is 119 Å². The van der Waals surface area contributed by atoms with Crippen LogP contribution >= 0.6 is 0 Å². The summed E-state index contributed by atoms with van der Waals surface area (Å²) in [6, 6.07) is 0. The van der Waals surface area contributed by atoms with Gasteiger partial charge in [-0.2, -0.15) is 0 Å². The van der Waals surface area contributed by atoms with Crippen molar-refractivity contribution in [1.29, 1.82) is 0 Å². The Kier molecular flexibility index (Phi) is 5.14. The number of amides is 2. The molecule has 1 fully saturated rings. The summed E-state index contributed by atoms with van der Waals surface area (Å²) in [4.78, 5) is 38.2. The number of carboxylic acid groups (broad SMARTS) is 1. The van der Waals surface area contributed by atoms with E-state index >= 15 is 0 Å². The van der Waals surface area contributed by atoms with Crippen molar-refractivity contribution >= 4 is 17.8 Å². The molecule has 0 aromatic heterocycles. The van der Waals surface area contributed by atoms with Crippen LogP contribution in [0, 0.1) is 5.92 Å². The van der Waals surface area contributed by atoms with Crippen molar-refractivity contribution in [1.82, 2.24) is 9.80 Å². The molecule has 6 heteroatoms. The zero-order valence-electron chi connectivity index (χ0n) is 12.7. The van der Waals surface area contributed by atoms with Gasteiger partial charge in [0.25, 0.3) is 0 Å². The maximum atomic E-state index is 12.5. The van der Waals surface area contributed by atoms with Crippen LogP contribution in [0.4, 0.5) is 0 Å². The van der Waals surface area contributed by atoms with Gasteiger partial charge in [0.2, 0.25) is 11.8 Å². The minimum atomic E-state index is -1.20. The lowest BCUT2D eigenvalue weighted by molar-refractivity contribution is -0.159. The summed E-state index contributed by atoms with van der Waals surface area (Å²) in [5, 5.41) is 9.26. The molecule has 0 aromatic carbocycles. The van der Waals surface area contributed by atoms with Gasteiger partial charge >= 0.3 is 5.97 Å². The van der Waals surface area contributed by atoms with Crippen LogP contribution in [-0.2, 0) is 14.4 Å². The van der Waals surface area contributed by atoms with Gasteiger partial charge in [-0.3, -0.25) is 9.59 Å². The van der Waals surface area contributed by atoms with E-state index in [0.29, 0.717) is 32.5 Å². The van der Waals surface area contributed by atoms with Crippen LogP contribution in [-0.4, -0.2) is 57.9 Å². The van der Waals surface area contributed by atoms with E-state index in [0.717, 1.165) is 0 Å². The highest BCUT2D eigenvalue weighted by molar-refractivity contribution is 5.87. The summed E-state index contributed by atoms with van der Waals surface area (Å²) in [5.41, 5.74) is -1.20. The van der Waals surface area contributed by atoms with Gasteiger partial charge in [-0.1, -0.05) is 0 Å². The van der Waals surface area contributed by atoms with Crippen LogP contribution in [0.3, 0.4) is 0 Å². The first-order valence-corrected chi connectivity index (χ1v) is 7.02. The van der Waals surface area contributed by atoms with Crippen LogP contribution in [0.5, 0.6) is 0 Å². The summed E-state index contributed by atoms with van der Waals surface area (Å²) >= 11 is 0. The molecule has 20 heavy (non-hydrogen) atoms. The van der Waals surface area contributed by atoms with Gasteiger partial charge in [-0.05, 0) is 33.6 Å². The first-order chi connectivity index (χ1) is 9.21. The van der Waals surface area contributed by atoms with Crippen LogP contribution in [0.25, 0.3) is 0 Å². The van der Waals surface area contributed by atoms with E-state index in [9.17, 15) is 19.5 Å². The highest BCUT2D eigenvalue weighted by Gasteiger charge is 2.40. The second kappa shape index (κ2) is 6.24. The van der Waals surface area contributed by atoms with Crippen molar-refractivity contribution in [3.8, 4) is 0 Å². The van der Waals surface area contributed by atoms with Crippen molar-refractivity contribution in [3.05, 3.63) is 0 Å². The molecule has 6 nitrogen and oxygen atoms in total. The standard InChI is InChI=1S/C14H24N2O4/c1-5-16(14(3,4)13(19)20)12(18)11-6-8-15(9-7-11)10(2)17/h11H,5-9H2,1-4H3,(H,19,20). The number of piperidine rings is 1. The fraction of sp³-hybridized carbons (Fsp3) is 0.786. The van der Waals surface area contributed by atoms with E-state index in [4.69, 9.17) is 0 Å². The number of likely N-dealkylation sites (tertiary alicyclic amines) is 1. The van der Waals surface area contributed by atoms with Gasteiger partial charge in [-0.25, -0.2) is 4.79 Å². The number of nitrogens with zero attached hydrogens (tertiary/aromatic N) is 2. The summed E-state index contributed by atoms with van der Waals surface area (Å²) in [7, 11) is 0. The minimum absolute atomic E-state index is 0.0223. The van der Waals surface area contributed by atoms with Crippen molar-refractivity contribution in [2.24, 2.45) is 5.92 Å². The molecule has 0 aromatic rings. The number of hydrogen-bond donors (Lipinski definition) is 1. The lowest BCUT2D eigenvalue weighted by Gasteiger charge is -2.39. The maximum absolute atomic E-state index is 12.5. The second-order valence-corrected chi connectivity index (χ2v) is 5.73. The smallest absolute Gasteiger partial charge is 0.329 e. The third-order valence-corrected chi connectivity index (χ3v) is 4.07. The zero-order chi connectivity index (χ0) is 15.5.